The van der Waals surface area contributed by atoms with E-state index >= 15 is 0 Å². The van der Waals surface area contributed by atoms with Gasteiger partial charge in [-0.3, -0.25) is 0 Å². The minimum absolute atomic E-state index is 0.0298. The summed E-state index contributed by atoms with van der Waals surface area (Å²) in [6, 6.07) is 3.11. The molecule has 0 saturated carbocycles. The Morgan fingerprint density at radius 3 is 2.60 bits per heavy atom. The minimum Gasteiger partial charge on any atom is -0.355 e. The number of pyridine rings is 1. The van der Waals surface area contributed by atoms with Gasteiger partial charge < -0.3 is 10.2 Å². The molecule has 3 heterocycles. The van der Waals surface area contributed by atoms with Crippen LogP contribution in [0.3, 0.4) is 0 Å². The Kier molecular flexibility index (Phi) is 5.39. The van der Waals surface area contributed by atoms with Crippen LogP contribution in [0.25, 0.3) is 0 Å². The quantitative estimate of drug-likeness (QED) is 0.893. The molecule has 1 saturated heterocycles. The van der Waals surface area contributed by atoms with Crippen molar-refractivity contribution in [2.75, 3.05) is 18.0 Å². The van der Waals surface area contributed by atoms with Crippen molar-refractivity contribution in [1.82, 2.24) is 20.3 Å². The van der Waals surface area contributed by atoms with Crippen molar-refractivity contribution in [3.63, 3.8) is 0 Å². The number of rotatable bonds is 4. The molecule has 0 amide bonds. The van der Waals surface area contributed by atoms with Crippen molar-refractivity contribution in [2.45, 2.75) is 31.6 Å². The van der Waals surface area contributed by atoms with Crippen LogP contribution >= 0.6 is 11.6 Å². The van der Waals surface area contributed by atoms with Gasteiger partial charge in [0.1, 0.15) is 12.1 Å². The summed E-state index contributed by atoms with van der Waals surface area (Å²) < 4.78 is 38.1. The molecule has 2 aromatic heterocycles. The largest absolute Gasteiger partial charge is 0.417 e. The zero-order valence-electron chi connectivity index (χ0n) is 13.3. The van der Waals surface area contributed by atoms with E-state index in [9.17, 15) is 13.2 Å². The lowest BCUT2D eigenvalue weighted by molar-refractivity contribution is -0.137. The second-order valence-corrected chi connectivity index (χ2v) is 6.28. The van der Waals surface area contributed by atoms with Crippen LogP contribution in [0.4, 0.5) is 19.0 Å². The first kappa shape index (κ1) is 17.9. The normalized spacial score (nSPS) is 16.2. The summed E-state index contributed by atoms with van der Waals surface area (Å²) in [6.07, 6.45) is 1.31. The lowest BCUT2D eigenvalue weighted by Gasteiger charge is -2.33. The van der Waals surface area contributed by atoms with Crippen LogP contribution in [0.2, 0.25) is 5.02 Å². The summed E-state index contributed by atoms with van der Waals surface area (Å²) in [7, 11) is 0. The average molecular weight is 372 g/mol. The Bertz CT molecular complexity index is 703. The fraction of sp³-hybridized carbons (Fsp3) is 0.438. The number of aromatic nitrogens is 3. The molecule has 1 N–H and O–H groups in total. The average Bonchev–Trinajstić information content (AvgIpc) is 2.60. The van der Waals surface area contributed by atoms with E-state index in [0.29, 0.717) is 31.5 Å². The van der Waals surface area contributed by atoms with E-state index in [-0.39, 0.29) is 5.02 Å². The van der Waals surface area contributed by atoms with Crippen LogP contribution in [0, 0.1) is 0 Å². The van der Waals surface area contributed by atoms with Crippen LogP contribution in [0.1, 0.15) is 24.1 Å². The van der Waals surface area contributed by atoms with Gasteiger partial charge in [0.25, 0.3) is 0 Å². The molecule has 0 bridgehead atoms. The number of alkyl halides is 3. The molecule has 0 aromatic carbocycles. The van der Waals surface area contributed by atoms with Gasteiger partial charge in [0.15, 0.2) is 0 Å². The predicted octanol–water partition coefficient (Wildman–Crippen LogP) is 3.30. The molecule has 5 nitrogen and oxygen atoms in total. The number of halogens is 4. The third kappa shape index (κ3) is 4.58. The van der Waals surface area contributed by atoms with Crippen LogP contribution in [-0.2, 0) is 12.7 Å². The first-order valence-electron chi connectivity index (χ1n) is 7.89. The summed E-state index contributed by atoms with van der Waals surface area (Å²) in [5.74, 6) is 0.406. The Balaban J connectivity index is 1.55. The maximum Gasteiger partial charge on any atom is 0.417 e. The van der Waals surface area contributed by atoms with Crippen LogP contribution in [0.15, 0.2) is 30.9 Å². The fourth-order valence-corrected chi connectivity index (χ4v) is 3.07. The lowest BCUT2D eigenvalue weighted by atomic mass is 10.0. The summed E-state index contributed by atoms with van der Waals surface area (Å²) >= 11 is 6.01. The minimum atomic E-state index is -4.44. The van der Waals surface area contributed by atoms with Gasteiger partial charge in [0, 0.05) is 38.1 Å². The first-order valence-corrected chi connectivity index (χ1v) is 8.27. The first-order chi connectivity index (χ1) is 11.9. The zero-order valence-corrected chi connectivity index (χ0v) is 14.1. The summed E-state index contributed by atoms with van der Waals surface area (Å²) in [5.41, 5.74) is 0.0903. The van der Waals surface area contributed by atoms with E-state index in [1.54, 1.807) is 6.20 Å². The molecule has 134 valence electrons. The molecule has 9 heteroatoms. The van der Waals surface area contributed by atoms with E-state index in [0.717, 1.165) is 30.8 Å². The van der Waals surface area contributed by atoms with Gasteiger partial charge in [0.2, 0.25) is 0 Å². The molecule has 1 aliphatic heterocycles. The molecule has 0 spiro atoms. The van der Waals surface area contributed by atoms with Crippen LogP contribution in [0.5, 0.6) is 0 Å². The maximum absolute atomic E-state index is 12.7. The predicted molar refractivity (Wildman–Crippen MR) is 88.4 cm³/mol. The molecule has 3 rings (SSSR count). The van der Waals surface area contributed by atoms with Crippen LogP contribution in [-0.4, -0.2) is 34.1 Å². The monoisotopic (exact) mass is 371 g/mol. The van der Waals surface area contributed by atoms with Gasteiger partial charge in [-0.05, 0) is 25.0 Å². The number of anilines is 1. The molecule has 1 fully saturated rings. The molecule has 25 heavy (non-hydrogen) atoms. The molecule has 2 aromatic rings. The van der Waals surface area contributed by atoms with Gasteiger partial charge >= 0.3 is 6.18 Å². The zero-order chi connectivity index (χ0) is 17.9. The fourth-order valence-electron chi connectivity index (χ4n) is 2.79. The van der Waals surface area contributed by atoms with E-state index in [1.165, 1.54) is 6.33 Å². The highest BCUT2D eigenvalue weighted by Crippen LogP contribution is 2.34. The molecule has 0 atom stereocenters. The Hall–Kier alpha value is -1.93. The number of hydrogen-bond donors (Lipinski definition) is 1. The van der Waals surface area contributed by atoms with Gasteiger partial charge in [-0.2, -0.15) is 13.2 Å². The number of nitrogens with one attached hydrogen (secondary N) is 1. The van der Waals surface area contributed by atoms with Crippen molar-refractivity contribution in [3.8, 4) is 0 Å². The van der Waals surface area contributed by atoms with Crippen molar-refractivity contribution >= 4 is 17.4 Å². The number of piperidine rings is 1. The van der Waals surface area contributed by atoms with Crippen molar-refractivity contribution in [3.05, 3.63) is 47.1 Å². The third-order valence-corrected chi connectivity index (χ3v) is 4.44. The Labute approximate surface area is 148 Å². The van der Waals surface area contributed by atoms with Gasteiger partial charge in [-0.15, -0.1) is 0 Å². The highest BCUT2D eigenvalue weighted by atomic mass is 35.5. The highest BCUT2D eigenvalue weighted by Gasteiger charge is 2.32. The van der Waals surface area contributed by atoms with E-state index in [4.69, 9.17) is 11.6 Å². The third-order valence-electron chi connectivity index (χ3n) is 4.16. The standard InChI is InChI=1S/C16H17ClF3N5/c17-14-7-11(16(18,19)20)8-23-15(14)25-5-2-12(3-6-25)22-9-13-1-4-21-10-24-13/h1,4,7-8,10,12,22H,2-3,5-6,9H2. The van der Waals surface area contributed by atoms with E-state index in [2.05, 4.69) is 20.3 Å². The van der Waals surface area contributed by atoms with Gasteiger partial charge in [-0.1, -0.05) is 11.6 Å². The Morgan fingerprint density at radius 2 is 2.00 bits per heavy atom. The topological polar surface area (TPSA) is 53.9 Å². The lowest BCUT2D eigenvalue weighted by Crippen LogP contribution is -2.42. The molecule has 1 aliphatic rings. The smallest absolute Gasteiger partial charge is 0.355 e. The van der Waals surface area contributed by atoms with E-state index in [1.807, 2.05) is 11.0 Å². The number of nitrogens with zero attached hydrogens (tertiary/aromatic N) is 4. The molecule has 0 unspecified atom stereocenters. The molecule has 0 aliphatic carbocycles. The molecule has 0 radical (unpaired) electrons. The van der Waals surface area contributed by atoms with Crippen LogP contribution < -0.4 is 10.2 Å². The van der Waals surface area contributed by atoms with Gasteiger partial charge in [0.05, 0.1) is 16.3 Å². The van der Waals surface area contributed by atoms with Crippen molar-refractivity contribution < 1.29 is 13.2 Å². The second-order valence-electron chi connectivity index (χ2n) is 5.87. The Morgan fingerprint density at radius 1 is 1.24 bits per heavy atom. The van der Waals surface area contributed by atoms with Crippen molar-refractivity contribution in [1.29, 1.82) is 0 Å². The van der Waals surface area contributed by atoms with Crippen molar-refractivity contribution in [2.24, 2.45) is 0 Å². The SMILES string of the molecule is FC(F)(F)c1cnc(N2CCC(NCc3ccncn3)CC2)c(Cl)c1. The molecular formula is C16H17ClF3N5. The van der Waals surface area contributed by atoms with E-state index < -0.39 is 11.7 Å². The number of hydrogen-bond acceptors (Lipinski definition) is 5. The summed E-state index contributed by atoms with van der Waals surface area (Å²) in [6.45, 7) is 2.02. The second kappa shape index (κ2) is 7.53. The highest BCUT2D eigenvalue weighted by molar-refractivity contribution is 6.33. The summed E-state index contributed by atoms with van der Waals surface area (Å²) in [5, 5.41) is 3.46. The van der Waals surface area contributed by atoms with Gasteiger partial charge in [-0.25, -0.2) is 15.0 Å². The maximum atomic E-state index is 12.7. The summed E-state index contributed by atoms with van der Waals surface area (Å²) in [4.78, 5) is 13.9. The molecular weight excluding hydrogens is 355 g/mol.